The summed E-state index contributed by atoms with van der Waals surface area (Å²) in [4.78, 5) is 17.1. The number of rotatable bonds is 6. The van der Waals surface area contributed by atoms with Gasteiger partial charge in [0.15, 0.2) is 5.82 Å². The predicted molar refractivity (Wildman–Crippen MR) is 149 cm³/mol. The van der Waals surface area contributed by atoms with Gasteiger partial charge in [-0.05, 0) is 73.9 Å². The predicted octanol–water partition coefficient (Wildman–Crippen LogP) is 6.53. The lowest BCUT2D eigenvalue weighted by molar-refractivity contribution is 0.0687. The molecule has 38 heavy (non-hydrogen) atoms. The van der Waals surface area contributed by atoms with Crippen molar-refractivity contribution in [3.8, 4) is 22.3 Å². The number of aliphatic hydroxyl groups is 1. The summed E-state index contributed by atoms with van der Waals surface area (Å²) in [5, 5.41) is 14.7. The van der Waals surface area contributed by atoms with E-state index in [2.05, 4.69) is 25.3 Å². The van der Waals surface area contributed by atoms with Crippen LogP contribution in [0.2, 0.25) is 5.02 Å². The average molecular weight is 529 g/mol. The van der Waals surface area contributed by atoms with E-state index in [1.54, 1.807) is 56.8 Å². The summed E-state index contributed by atoms with van der Waals surface area (Å²) in [5.74, 6) is 0.391. The van der Waals surface area contributed by atoms with Crippen LogP contribution in [0, 0.1) is 5.82 Å². The first-order chi connectivity index (χ1) is 18.1. The van der Waals surface area contributed by atoms with Crippen LogP contribution in [0.3, 0.4) is 0 Å². The number of aromatic nitrogens is 4. The Labute approximate surface area is 224 Å². The number of nitrogen functional groups attached to an aromatic ring is 1. The van der Waals surface area contributed by atoms with Gasteiger partial charge >= 0.3 is 0 Å². The standard InChI is InChI=1S/C29H26ClFN6O/c1-16(21-10-17(4-6-24(21)31)19-8-9-33-26(32)12-19)37-27-22-11-18(5-7-25(22)34-15-23(27)30)20-13-35-28(36-14-20)29(2,3)38/h4-16,38H,1-3H3,(H2,32,33)(H,34,37)/t16-/m1/s1. The maximum atomic E-state index is 15.0. The molecule has 4 N–H and O–H groups in total. The van der Waals surface area contributed by atoms with E-state index in [0.29, 0.717) is 27.9 Å². The van der Waals surface area contributed by atoms with Gasteiger partial charge in [-0.15, -0.1) is 0 Å². The highest BCUT2D eigenvalue weighted by Gasteiger charge is 2.20. The lowest BCUT2D eigenvalue weighted by Crippen LogP contribution is -2.19. The molecule has 0 saturated carbocycles. The van der Waals surface area contributed by atoms with E-state index in [1.807, 2.05) is 31.2 Å². The highest BCUT2D eigenvalue weighted by atomic mass is 35.5. The van der Waals surface area contributed by atoms with Crippen LogP contribution in [0.25, 0.3) is 33.2 Å². The van der Waals surface area contributed by atoms with E-state index in [9.17, 15) is 9.50 Å². The zero-order valence-corrected chi connectivity index (χ0v) is 21.8. The second-order valence-corrected chi connectivity index (χ2v) is 10.0. The molecule has 7 nitrogen and oxygen atoms in total. The van der Waals surface area contributed by atoms with Gasteiger partial charge in [-0.25, -0.2) is 19.3 Å². The molecule has 0 amide bonds. The number of nitrogens with one attached hydrogen (secondary N) is 1. The normalized spacial score (nSPS) is 12.5. The van der Waals surface area contributed by atoms with E-state index in [0.717, 1.165) is 33.2 Å². The van der Waals surface area contributed by atoms with Gasteiger partial charge in [0.25, 0.3) is 0 Å². The van der Waals surface area contributed by atoms with Crippen molar-refractivity contribution in [1.29, 1.82) is 0 Å². The Kier molecular flexibility index (Phi) is 6.69. The molecule has 0 aliphatic heterocycles. The molecular formula is C29H26ClFN6O. The molecule has 0 aliphatic rings. The Balaban J connectivity index is 1.51. The summed E-state index contributed by atoms with van der Waals surface area (Å²) >= 11 is 6.60. The van der Waals surface area contributed by atoms with Gasteiger partial charge in [0.05, 0.1) is 22.3 Å². The molecule has 1 atom stereocenters. The van der Waals surface area contributed by atoms with E-state index < -0.39 is 11.6 Å². The van der Waals surface area contributed by atoms with Crippen molar-refractivity contribution < 1.29 is 9.50 Å². The van der Waals surface area contributed by atoms with Crippen molar-refractivity contribution in [2.75, 3.05) is 11.1 Å². The minimum absolute atomic E-state index is 0.335. The first kappa shape index (κ1) is 25.5. The smallest absolute Gasteiger partial charge is 0.159 e. The molecule has 9 heteroatoms. The third-order valence-corrected chi connectivity index (χ3v) is 6.58. The van der Waals surface area contributed by atoms with Gasteiger partial charge in [-0.1, -0.05) is 23.7 Å². The Morgan fingerprint density at radius 1 is 0.895 bits per heavy atom. The molecule has 0 fully saturated rings. The molecule has 0 spiro atoms. The van der Waals surface area contributed by atoms with Crippen LogP contribution in [0.5, 0.6) is 0 Å². The summed E-state index contributed by atoms with van der Waals surface area (Å²) < 4.78 is 15.0. The fraction of sp³-hybridized carbons (Fsp3) is 0.172. The number of halogens is 2. The summed E-state index contributed by atoms with van der Waals surface area (Å²) in [5.41, 5.74) is 9.84. The summed E-state index contributed by atoms with van der Waals surface area (Å²) in [7, 11) is 0. The Morgan fingerprint density at radius 2 is 1.58 bits per heavy atom. The molecule has 192 valence electrons. The molecular weight excluding hydrogens is 503 g/mol. The van der Waals surface area contributed by atoms with E-state index in [-0.39, 0.29) is 5.82 Å². The second-order valence-electron chi connectivity index (χ2n) is 9.64. The minimum Gasteiger partial charge on any atom is -0.384 e. The number of pyridine rings is 2. The lowest BCUT2D eigenvalue weighted by Gasteiger charge is -2.20. The highest BCUT2D eigenvalue weighted by molar-refractivity contribution is 6.34. The molecule has 3 aromatic heterocycles. The number of benzene rings is 2. The van der Waals surface area contributed by atoms with Gasteiger partial charge < -0.3 is 16.2 Å². The van der Waals surface area contributed by atoms with E-state index in [4.69, 9.17) is 17.3 Å². The topological polar surface area (TPSA) is 110 Å². The highest BCUT2D eigenvalue weighted by Crippen LogP contribution is 2.36. The fourth-order valence-corrected chi connectivity index (χ4v) is 4.47. The van der Waals surface area contributed by atoms with Crippen LogP contribution in [-0.4, -0.2) is 25.0 Å². The van der Waals surface area contributed by atoms with Crippen molar-refractivity contribution in [3.05, 3.63) is 95.5 Å². The summed E-state index contributed by atoms with van der Waals surface area (Å²) in [6, 6.07) is 13.9. The second kappa shape index (κ2) is 9.96. The molecule has 0 saturated heterocycles. The molecule has 3 heterocycles. The number of nitrogens with zero attached hydrogens (tertiary/aromatic N) is 4. The van der Waals surface area contributed by atoms with Crippen LogP contribution < -0.4 is 11.1 Å². The van der Waals surface area contributed by atoms with Crippen molar-refractivity contribution >= 4 is 34.0 Å². The third kappa shape index (κ3) is 5.14. The van der Waals surface area contributed by atoms with Crippen molar-refractivity contribution in [3.63, 3.8) is 0 Å². The quantitative estimate of drug-likeness (QED) is 0.230. The van der Waals surface area contributed by atoms with E-state index >= 15 is 0 Å². The maximum absolute atomic E-state index is 15.0. The van der Waals surface area contributed by atoms with Crippen LogP contribution in [-0.2, 0) is 5.60 Å². The first-order valence-corrected chi connectivity index (χ1v) is 12.4. The minimum atomic E-state index is -1.14. The number of fused-ring (bicyclic) bond motifs is 1. The summed E-state index contributed by atoms with van der Waals surface area (Å²) in [6.07, 6.45) is 6.54. The average Bonchev–Trinajstić information content (AvgIpc) is 2.90. The summed E-state index contributed by atoms with van der Waals surface area (Å²) in [6.45, 7) is 5.14. The van der Waals surface area contributed by atoms with Gasteiger partial charge in [0.2, 0.25) is 0 Å². The van der Waals surface area contributed by atoms with Crippen molar-refractivity contribution in [1.82, 2.24) is 19.9 Å². The van der Waals surface area contributed by atoms with Gasteiger partial charge in [-0.2, -0.15) is 0 Å². The van der Waals surface area contributed by atoms with Crippen LogP contribution in [0.4, 0.5) is 15.9 Å². The maximum Gasteiger partial charge on any atom is 0.159 e. The Bertz CT molecular complexity index is 1640. The Hall–Kier alpha value is -4.14. The first-order valence-electron chi connectivity index (χ1n) is 12.0. The molecule has 5 aromatic rings. The fourth-order valence-electron chi connectivity index (χ4n) is 4.26. The van der Waals surface area contributed by atoms with Crippen molar-refractivity contribution in [2.24, 2.45) is 0 Å². The molecule has 0 radical (unpaired) electrons. The van der Waals surface area contributed by atoms with Gasteiger partial charge in [0, 0.05) is 41.3 Å². The monoisotopic (exact) mass is 528 g/mol. The van der Waals surface area contributed by atoms with Crippen LogP contribution >= 0.6 is 11.6 Å². The van der Waals surface area contributed by atoms with Crippen LogP contribution in [0.1, 0.15) is 38.2 Å². The SMILES string of the molecule is C[C@@H](Nc1c(Cl)cnc2ccc(-c3cnc(C(C)(C)O)nc3)cc12)c1cc(-c2ccnc(N)c2)ccc1F. The third-order valence-electron chi connectivity index (χ3n) is 6.29. The largest absolute Gasteiger partial charge is 0.384 e. The van der Waals surface area contributed by atoms with Gasteiger partial charge in [0.1, 0.15) is 17.2 Å². The zero-order valence-electron chi connectivity index (χ0n) is 21.1. The molecule has 5 rings (SSSR count). The van der Waals surface area contributed by atoms with E-state index in [1.165, 1.54) is 6.07 Å². The van der Waals surface area contributed by atoms with Crippen LogP contribution in [0.15, 0.2) is 73.3 Å². The zero-order chi connectivity index (χ0) is 27.0. The molecule has 0 bridgehead atoms. The number of hydrogen-bond donors (Lipinski definition) is 3. The molecule has 0 unspecified atom stereocenters. The Morgan fingerprint density at radius 3 is 2.29 bits per heavy atom. The van der Waals surface area contributed by atoms with Gasteiger partial charge in [-0.3, -0.25) is 4.98 Å². The lowest BCUT2D eigenvalue weighted by atomic mass is 9.99. The number of nitrogens with two attached hydrogens (primary N) is 1. The molecule has 2 aromatic carbocycles. The van der Waals surface area contributed by atoms with Crippen molar-refractivity contribution in [2.45, 2.75) is 32.4 Å². The number of hydrogen-bond acceptors (Lipinski definition) is 7. The molecule has 0 aliphatic carbocycles. The number of anilines is 2.